The summed E-state index contributed by atoms with van der Waals surface area (Å²) < 4.78 is 27.2. The largest absolute Gasteiger partial charge is 0.357 e. The van der Waals surface area contributed by atoms with Gasteiger partial charge in [0.1, 0.15) is 6.04 Å². The molecule has 2 amide bonds. The maximum Gasteiger partial charge on any atom is 0.242 e. The van der Waals surface area contributed by atoms with Crippen molar-refractivity contribution in [3.8, 4) is 0 Å². The van der Waals surface area contributed by atoms with Crippen molar-refractivity contribution in [2.75, 3.05) is 24.2 Å². The van der Waals surface area contributed by atoms with E-state index in [1.54, 1.807) is 18.0 Å². The molecule has 3 rings (SSSR count). The molecule has 1 unspecified atom stereocenters. The van der Waals surface area contributed by atoms with Gasteiger partial charge in [0.15, 0.2) is 0 Å². The summed E-state index contributed by atoms with van der Waals surface area (Å²) in [6, 6.07) is 20.8. The highest BCUT2D eigenvalue weighted by Crippen LogP contribution is 2.31. The van der Waals surface area contributed by atoms with Crippen molar-refractivity contribution in [1.82, 2.24) is 10.2 Å². The number of sulfonamides is 1. The third kappa shape index (κ3) is 8.96. The van der Waals surface area contributed by atoms with Crippen LogP contribution in [-0.2, 0) is 32.6 Å². The normalized spacial score (nSPS) is 12.0. The summed E-state index contributed by atoms with van der Waals surface area (Å²) in [5.41, 5.74) is 2.01. The van der Waals surface area contributed by atoms with E-state index in [4.69, 9.17) is 23.2 Å². The minimum atomic E-state index is -3.71. The minimum absolute atomic E-state index is 0.0126. The lowest BCUT2D eigenvalue weighted by molar-refractivity contribution is -0.141. The van der Waals surface area contributed by atoms with Crippen molar-refractivity contribution in [2.45, 2.75) is 31.8 Å². The molecule has 0 bridgehead atoms. The molecule has 0 aromatic heterocycles. The summed E-state index contributed by atoms with van der Waals surface area (Å²) in [7, 11) is -2.16. The molecule has 0 aliphatic carbocycles. The van der Waals surface area contributed by atoms with Crippen molar-refractivity contribution in [1.29, 1.82) is 0 Å². The van der Waals surface area contributed by atoms with Crippen LogP contribution in [0.1, 0.15) is 24.0 Å². The van der Waals surface area contributed by atoms with Crippen LogP contribution in [0.4, 0.5) is 5.69 Å². The van der Waals surface area contributed by atoms with Gasteiger partial charge in [0.2, 0.25) is 21.8 Å². The van der Waals surface area contributed by atoms with Crippen molar-refractivity contribution in [3.05, 3.63) is 98.4 Å². The van der Waals surface area contributed by atoms with E-state index in [-0.39, 0.29) is 48.5 Å². The average Bonchev–Trinajstić information content (AvgIpc) is 2.89. The number of halogens is 3. The fourth-order valence-corrected chi connectivity index (χ4v) is 6.06. The van der Waals surface area contributed by atoms with Crippen LogP contribution < -0.4 is 9.62 Å². The molecule has 0 radical (unpaired) electrons. The smallest absolute Gasteiger partial charge is 0.242 e. The van der Waals surface area contributed by atoms with E-state index in [0.717, 1.165) is 26.2 Å². The van der Waals surface area contributed by atoms with Crippen LogP contribution in [-0.4, -0.2) is 51.0 Å². The van der Waals surface area contributed by atoms with Gasteiger partial charge >= 0.3 is 0 Å². The highest BCUT2D eigenvalue weighted by atomic mass is 79.9. The van der Waals surface area contributed by atoms with Gasteiger partial charge in [0.25, 0.3) is 0 Å². The van der Waals surface area contributed by atoms with E-state index in [2.05, 4.69) is 21.2 Å². The number of benzene rings is 3. The van der Waals surface area contributed by atoms with Gasteiger partial charge < -0.3 is 10.2 Å². The Hall–Kier alpha value is -2.59. The van der Waals surface area contributed by atoms with Crippen molar-refractivity contribution in [2.24, 2.45) is 0 Å². The first-order valence-electron chi connectivity index (χ1n) is 12.2. The standard InChI is InChI=1S/C28H30BrCl2N3O4S/c1-32-28(36)26(17-20-8-4-3-5-9-20)33(19-21-10-6-11-22(29)16-21)27(35)12-7-15-34(39(2,37)38)25-18-23(30)13-14-24(25)31/h3-6,8-11,13-14,16,18,26H,7,12,15,17,19H2,1-2H3,(H,32,36). The fraction of sp³-hybridized carbons (Fsp3) is 0.286. The Morgan fingerprint density at radius 1 is 0.974 bits per heavy atom. The van der Waals surface area contributed by atoms with Gasteiger partial charge in [0.05, 0.1) is 17.0 Å². The summed E-state index contributed by atoms with van der Waals surface area (Å²) in [6.07, 6.45) is 1.62. The molecule has 3 aromatic carbocycles. The molecule has 0 heterocycles. The van der Waals surface area contributed by atoms with Gasteiger partial charge in [-0.3, -0.25) is 13.9 Å². The molecule has 0 aliphatic heterocycles. The number of hydrogen-bond donors (Lipinski definition) is 1. The van der Waals surface area contributed by atoms with Crippen LogP contribution >= 0.6 is 39.1 Å². The molecule has 208 valence electrons. The maximum absolute atomic E-state index is 13.7. The predicted molar refractivity (Wildman–Crippen MR) is 161 cm³/mol. The molecule has 39 heavy (non-hydrogen) atoms. The number of anilines is 1. The maximum atomic E-state index is 13.7. The van der Waals surface area contributed by atoms with E-state index in [1.807, 2.05) is 54.6 Å². The first kappa shape index (κ1) is 30.9. The number of nitrogens with zero attached hydrogens (tertiary/aromatic N) is 2. The third-order valence-electron chi connectivity index (χ3n) is 6.09. The van der Waals surface area contributed by atoms with Crippen LogP contribution in [0.3, 0.4) is 0 Å². The average molecular weight is 655 g/mol. The van der Waals surface area contributed by atoms with Crippen molar-refractivity contribution < 1.29 is 18.0 Å². The highest BCUT2D eigenvalue weighted by Gasteiger charge is 2.30. The Balaban J connectivity index is 1.86. The second-order valence-electron chi connectivity index (χ2n) is 9.01. The molecule has 0 fully saturated rings. The molecule has 0 saturated carbocycles. The molecule has 1 N–H and O–H groups in total. The van der Waals surface area contributed by atoms with Crippen LogP contribution in [0, 0.1) is 0 Å². The quantitative estimate of drug-likeness (QED) is 0.272. The molecule has 0 spiro atoms. The number of carbonyl (C=O) groups excluding carboxylic acids is 2. The van der Waals surface area contributed by atoms with Gasteiger partial charge in [0, 0.05) is 42.5 Å². The SMILES string of the molecule is CNC(=O)C(Cc1ccccc1)N(Cc1cccc(Br)c1)C(=O)CCCN(c1cc(Cl)ccc1Cl)S(C)(=O)=O. The van der Waals surface area contributed by atoms with Crippen molar-refractivity contribution >= 4 is 66.7 Å². The van der Waals surface area contributed by atoms with Crippen LogP contribution in [0.15, 0.2) is 77.3 Å². The molecule has 0 aliphatic rings. The van der Waals surface area contributed by atoms with E-state index >= 15 is 0 Å². The third-order valence-corrected chi connectivity index (χ3v) is 8.32. The lowest BCUT2D eigenvalue weighted by Crippen LogP contribution is -2.49. The van der Waals surface area contributed by atoms with Crippen molar-refractivity contribution in [3.63, 3.8) is 0 Å². The van der Waals surface area contributed by atoms with Gasteiger partial charge in [-0.05, 0) is 47.9 Å². The Morgan fingerprint density at radius 3 is 2.31 bits per heavy atom. The first-order valence-corrected chi connectivity index (χ1v) is 15.6. The second-order valence-corrected chi connectivity index (χ2v) is 12.7. The monoisotopic (exact) mass is 653 g/mol. The summed E-state index contributed by atoms with van der Waals surface area (Å²) in [6.45, 7) is 0.220. The number of amides is 2. The molecular formula is C28H30BrCl2N3O4S. The Morgan fingerprint density at radius 2 is 1.67 bits per heavy atom. The topological polar surface area (TPSA) is 86.8 Å². The van der Waals surface area contributed by atoms with E-state index in [1.165, 1.54) is 12.1 Å². The van der Waals surface area contributed by atoms with Crippen LogP contribution in [0.5, 0.6) is 0 Å². The van der Waals surface area contributed by atoms with E-state index in [0.29, 0.717) is 11.4 Å². The zero-order chi connectivity index (χ0) is 28.6. The first-order chi connectivity index (χ1) is 18.5. The summed E-state index contributed by atoms with van der Waals surface area (Å²) in [5, 5.41) is 3.26. The summed E-state index contributed by atoms with van der Waals surface area (Å²) >= 11 is 15.8. The number of rotatable bonds is 12. The lowest BCUT2D eigenvalue weighted by atomic mass is 10.0. The molecule has 7 nitrogen and oxygen atoms in total. The Kier molecular flexibility index (Phi) is 11.2. The molecule has 1 atom stereocenters. The zero-order valence-corrected chi connectivity index (χ0v) is 25.5. The number of nitrogens with one attached hydrogen (secondary N) is 1. The van der Waals surface area contributed by atoms with Crippen LogP contribution in [0.2, 0.25) is 10.0 Å². The molecule has 0 saturated heterocycles. The Bertz CT molecular complexity index is 1410. The lowest BCUT2D eigenvalue weighted by Gasteiger charge is -2.31. The predicted octanol–water partition coefficient (Wildman–Crippen LogP) is 5.69. The van der Waals surface area contributed by atoms with E-state index < -0.39 is 16.1 Å². The number of likely N-dealkylation sites (N-methyl/N-ethyl adjacent to an activating group) is 1. The summed E-state index contributed by atoms with van der Waals surface area (Å²) in [5.74, 6) is -0.559. The van der Waals surface area contributed by atoms with E-state index in [9.17, 15) is 18.0 Å². The van der Waals surface area contributed by atoms with Gasteiger partial charge in [-0.25, -0.2) is 8.42 Å². The number of carbonyl (C=O) groups is 2. The highest BCUT2D eigenvalue weighted by molar-refractivity contribution is 9.10. The van der Waals surface area contributed by atoms with Gasteiger partial charge in [-0.2, -0.15) is 0 Å². The number of hydrogen-bond acceptors (Lipinski definition) is 4. The zero-order valence-electron chi connectivity index (χ0n) is 21.6. The Labute approximate surface area is 248 Å². The van der Waals surface area contributed by atoms with Gasteiger partial charge in [-0.15, -0.1) is 0 Å². The minimum Gasteiger partial charge on any atom is -0.357 e. The molecule has 11 heteroatoms. The summed E-state index contributed by atoms with van der Waals surface area (Å²) in [4.78, 5) is 28.3. The fourth-order valence-electron chi connectivity index (χ4n) is 4.21. The second kappa shape index (κ2) is 14.2. The molecule has 3 aromatic rings. The molecular weight excluding hydrogens is 625 g/mol. The van der Waals surface area contributed by atoms with Crippen LogP contribution in [0.25, 0.3) is 0 Å². The van der Waals surface area contributed by atoms with Gasteiger partial charge in [-0.1, -0.05) is 81.6 Å².